The van der Waals surface area contributed by atoms with E-state index in [0.29, 0.717) is 23.6 Å². The van der Waals surface area contributed by atoms with Crippen molar-refractivity contribution < 1.29 is 8.42 Å². The van der Waals surface area contributed by atoms with Gasteiger partial charge in [0.25, 0.3) is 0 Å². The van der Waals surface area contributed by atoms with E-state index in [1.54, 1.807) is 17.0 Å². The van der Waals surface area contributed by atoms with Crippen molar-refractivity contribution in [1.29, 1.82) is 0 Å². The molecule has 2 N–H and O–H groups in total. The fourth-order valence-electron chi connectivity index (χ4n) is 2.38. The molecule has 1 aromatic carbocycles. The number of benzene rings is 1. The Labute approximate surface area is 146 Å². The quantitative estimate of drug-likeness (QED) is 0.704. The van der Waals surface area contributed by atoms with Crippen LogP contribution in [-0.2, 0) is 23.6 Å². The van der Waals surface area contributed by atoms with Crippen LogP contribution in [0, 0.1) is 0 Å². The van der Waals surface area contributed by atoms with Crippen LogP contribution in [0.4, 0.5) is 5.82 Å². The maximum Gasteiger partial charge on any atom is 0.241 e. The van der Waals surface area contributed by atoms with E-state index < -0.39 is 10.0 Å². The molecule has 0 radical (unpaired) electrons. The lowest BCUT2D eigenvalue weighted by atomic mass is 10.2. The van der Waals surface area contributed by atoms with Crippen molar-refractivity contribution in [2.45, 2.75) is 11.4 Å². The van der Waals surface area contributed by atoms with Crippen LogP contribution in [-0.4, -0.2) is 30.0 Å². The van der Waals surface area contributed by atoms with Gasteiger partial charge in [0.15, 0.2) is 0 Å². The highest BCUT2D eigenvalue weighted by Gasteiger charge is 2.17. The molecular weight excluding hydrogens is 338 g/mol. The lowest BCUT2D eigenvalue weighted by Crippen LogP contribution is -2.19. The third-order valence-corrected chi connectivity index (χ3v) is 5.11. The molecule has 0 amide bonds. The van der Waals surface area contributed by atoms with Gasteiger partial charge in [-0.25, -0.2) is 23.1 Å². The molecule has 130 valence electrons. The number of hydrogen-bond donors (Lipinski definition) is 2. The molecule has 0 saturated heterocycles. The zero-order valence-corrected chi connectivity index (χ0v) is 14.8. The summed E-state index contributed by atoms with van der Waals surface area (Å²) in [6.07, 6.45) is 4.82. The van der Waals surface area contributed by atoms with Crippen LogP contribution in [0.15, 0.2) is 60.0 Å². The number of imidazole rings is 1. The highest BCUT2D eigenvalue weighted by Crippen LogP contribution is 2.27. The molecular formula is C17H19N5O2S. The monoisotopic (exact) mass is 357 g/mol. The molecule has 0 spiro atoms. The van der Waals surface area contributed by atoms with Crippen LogP contribution >= 0.6 is 0 Å². The number of pyridine rings is 1. The number of aryl methyl sites for hydroxylation is 1. The van der Waals surface area contributed by atoms with E-state index >= 15 is 0 Å². The summed E-state index contributed by atoms with van der Waals surface area (Å²) in [6, 6.07) is 11.5. The summed E-state index contributed by atoms with van der Waals surface area (Å²) in [7, 11) is -0.352. The first-order chi connectivity index (χ1) is 12.0. The van der Waals surface area contributed by atoms with Crippen LogP contribution in [0.25, 0.3) is 11.3 Å². The molecule has 0 fully saturated rings. The average Bonchev–Trinajstić information content (AvgIpc) is 3.07. The van der Waals surface area contributed by atoms with Gasteiger partial charge in [0.2, 0.25) is 10.0 Å². The molecule has 0 aliphatic heterocycles. The van der Waals surface area contributed by atoms with Crippen LogP contribution < -0.4 is 10.0 Å². The molecule has 0 aliphatic rings. The first kappa shape index (κ1) is 17.1. The smallest absolute Gasteiger partial charge is 0.241 e. The zero-order chi connectivity index (χ0) is 17.9. The van der Waals surface area contributed by atoms with E-state index in [1.807, 2.05) is 43.6 Å². The highest BCUT2D eigenvalue weighted by molar-refractivity contribution is 7.89. The molecule has 25 heavy (non-hydrogen) atoms. The van der Waals surface area contributed by atoms with Gasteiger partial charge in [0, 0.05) is 31.5 Å². The highest BCUT2D eigenvalue weighted by atomic mass is 32.2. The average molecular weight is 357 g/mol. The Morgan fingerprint density at radius 1 is 1.16 bits per heavy atom. The summed E-state index contributed by atoms with van der Waals surface area (Å²) in [4.78, 5) is 8.73. The summed E-state index contributed by atoms with van der Waals surface area (Å²) in [5.41, 5.74) is 2.38. The zero-order valence-electron chi connectivity index (χ0n) is 14.0. The molecule has 0 atom stereocenters. The lowest BCUT2D eigenvalue weighted by molar-refractivity contribution is 0.588. The second kappa shape index (κ2) is 7.04. The second-order valence-corrected chi connectivity index (χ2v) is 7.42. The molecule has 0 aliphatic carbocycles. The first-order valence-corrected chi connectivity index (χ1v) is 9.17. The summed E-state index contributed by atoms with van der Waals surface area (Å²) in [6.45, 7) is 0.575. The first-order valence-electron chi connectivity index (χ1n) is 7.69. The Kier molecular flexibility index (Phi) is 4.82. The Hall–Kier alpha value is -2.71. The Morgan fingerprint density at radius 3 is 2.56 bits per heavy atom. The number of rotatable bonds is 6. The predicted molar refractivity (Wildman–Crippen MR) is 96.5 cm³/mol. The minimum Gasteiger partial charge on any atom is -0.365 e. The molecule has 0 saturated carbocycles. The number of hydrogen-bond acceptors (Lipinski definition) is 5. The van der Waals surface area contributed by atoms with Gasteiger partial charge >= 0.3 is 0 Å². The van der Waals surface area contributed by atoms with Crippen molar-refractivity contribution in [3.63, 3.8) is 0 Å². The minimum atomic E-state index is -3.58. The van der Waals surface area contributed by atoms with Gasteiger partial charge in [0.05, 0.1) is 12.0 Å². The van der Waals surface area contributed by atoms with Crippen molar-refractivity contribution in [3.05, 3.63) is 60.7 Å². The van der Waals surface area contributed by atoms with E-state index in [1.165, 1.54) is 13.2 Å². The molecule has 7 nitrogen and oxygen atoms in total. The summed E-state index contributed by atoms with van der Waals surface area (Å²) >= 11 is 0. The fraction of sp³-hybridized carbons (Fsp3) is 0.176. The van der Waals surface area contributed by atoms with Crippen molar-refractivity contribution >= 4 is 15.8 Å². The third kappa shape index (κ3) is 3.86. The normalized spacial score (nSPS) is 11.4. The van der Waals surface area contributed by atoms with Crippen LogP contribution in [0.1, 0.15) is 5.56 Å². The number of nitrogens with zero attached hydrogens (tertiary/aromatic N) is 3. The van der Waals surface area contributed by atoms with Crippen molar-refractivity contribution in [3.8, 4) is 11.3 Å². The molecule has 2 heterocycles. The number of anilines is 1. The standard InChI is InChI=1S/C17H19N5O2S/c1-18-25(23,24)14-8-15(16-11-22(2)12-21-16)17(20-10-14)19-9-13-6-4-3-5-7-13/h3-8,10-12,18H,9H2,1-2H3,(H,19,20). The number of nitrogens with one attached hydrogen (secondary N) is 2. The van der Waals surface area contributed by atoms with Gasteiger partial charge in [-0.05, 0) is 18.7 Å². The topological polar surface area (TPSA) is 88.9 Å². The fourth-order valence-corrected chi connectivity index (χ4v) is 3.08. The van der Waals surface area contributed by atoms with Gasteiger partial charge in [-0.1, -0.05) is 30.3 Å². The van der Waals surface area contributed by atoms with E-state index in [2.05, 4.69) is 20.0 Å². The van der Waals surface area contributed by atoms with Gasteiger partial charge in [-0.15, -0.1) is 0 Å². The number of aromatic nitrogens is 3. The van der Waals surface area contributed by atoms with E-state index in [-0.39, 0.29) is 4.90 Å². The molecule has 0 bridgehead atoms. The maximum atomic E-state index is 12.1. The second-order valence-electron chi connectivity index (χ2n) is 5.54. The molecule has 8 heteroatoms. The van der Waals surface area contributed by atoms with E-state index in [4.69, 9.17) is 0 Å². The van der Waals surface area contributed by atoms with Gasteiger partial charge in [-0.3, -0.25) is 0 Å². The third-order valence-electron chi connectivity index (χ3n) is 3.73. The molecule has 2 aromatic heterocycles. The Bertz CT molecular complexity index is 968. The molecule has 3 rings (SSSR count). The van der Waals surface area contributed by atoms with E-state index in [9.17, 15) is 8.42 Å². The van der Waals surface area contributed by atoms with Gasteiger partial charge in [0.1, 0.15) is 10.7 Å². The van der Waals surface area contributed by atoms with Crippen molar-refractivity contribution in [1.82, 2.24) is 19.3 Å². The predicted octanol–water partition coefficient (Wildman–Crippen LogP) is 2.00. The van der Waals surface area contributed by atoms with E-state index in [0.717, 1.165) is 5.56 Å². The maximum absolute atomic E-state index is 12.1. The van der Waals surface area contributed by atoms with Crippen molar-refractivity contribution in [2.75, 3.05) is 12.4 Å². The number of sulfonamides is 1. The van der Waals surface area contributed by atoms with Gasteiger partial charge in [-0.2, -0.15) is 0 Å². The summed E-state index contributed by atoms with van der Waals surface area (Å²) in [5.74, 6) is 0.581. The molecule has 0 unspecified atom stereocenters. The van der Waals surface area contributed by atoms with Gasteiger partial charge < -0.3 is 9.88 Å². The van der Waals surface area contributed by atoms with Crippen LogP contribution in [0.3, 0.4) is 0 Å². The minimum absolute atomic E-state index is 0.0981. The van der Waals surface area contributed by atoms with Crippen molar-refractivity contribution in [2.24, 2.45) is 7.05 Å². The van der Waals surface area contributed by atoms with Crippen LogP contribution in [0.5, 0.6) is 0 Å². The SMILES string of the molecule is CNS(=O)(=O)c1cnc(NCc2ccccc2)c(-c2cn(C)cn2)c1. The summed E-state index contributed by atoms with van der Waals surface area (Å²) in [5, 5.41) is 3.26. The molecule has 3 aromatic rings. The Morgan fingerprint density at radius 2 is 1.92 bits per heavy atom. The summed E-state index contributed by atoms with van der Waals surface area (Å²) < 4.78 is 28.3. The Balaban J connectivity index is 1.99. The van der Waals surface area contributed by atoms with Crippen LogP contribution in [0.2, 0.25) is 0 Å². The largest absolute Gasteiger partial charge is 0.365 e. The lowest BCUT2D eigenvalue weighted by Gasteiger charge is -2.12.